The average Bonchev–Trinajstić information content (AvgIpc) is 1.44. The van der Waals surface area contributed by atoms with Gasteiger partial charge in [-0.3, -0.25) is 0 Å². The standard InChI is InChI=1S/C9H27Ge3N/c1-10(2,3)13(11(4,5)6)12(7,8)9/h1-9H3. The van der Waals surface area contributed by atoms with Crippen LogP contribution in [0.25, 0.3) is 0 Å². The zero-order chi connectivity index (χ0) is 11.1. The molecule has 0 radical (unpaired) electrons. The molecular weight excluding hydrogens is 340 g/mol. The molecule has 0 unspecified atom stereocenters. The van der Waals surface area contributed by atoms with Crippen LogP contribution >= 0.6 is 0 Å². The van der Waals surface area contributed by atoms with Gasteiger partial charge in [0.05, 0.1) is 0 Å². The molecule has 0 heterocycles. The Morgan fingerprint density at radius 2 is 0.615 bits per heavy atom. The van der Waals surface area contributed by atoms with Crippen molar-refractivity contribution in [2.75, 3.05) is 0 Å². The van der Waals surface area contributed by atoms with E-state index in [1.54, 1.807) is 0 Å². The summed E-state index contributed by atoms with van der Waals surface area (Å²) in [5, 5.41) is 0. The topological polar surface area (TPSA) is 3.24 Å². The van der Waals surface area contributed by atoms with Crippen molar-refractivity contribution in [1.29, 1.82) is 0 Å². The van der Waals surface area contributed by atoms with Gasteiger partial charge in [0.1, 0.15) is 0 Å². The first-order chi connectivity index (χ1) is 5.37. The van der Waals surface area contributed by atoms with Gasteiger partial charge in [-0.2, -0.15) is 0 Å². The fourth-order valence-corrected chi connectivity index (χ4v) is 81.5. The van der Waals surface area contributed by atoms with Gasteiger partial charge >= 0.3 is 94.0 Å². The normalized spacial score (nSPS) is 15.2. The molecule has 0 aromatic carbocycles. The molecule has 0 aromatic rings. The molecule has 0 N–H and O–H groups in total. The van der Waals surface area contributed by atoms with Crippen molar-refractivity contribution in [2.24, 2.45) is 0 Å². The Hall–Kier alpha value is 1.59. The van der Waals surface area contributed by atoms with Gasteiger partial charge in [0.15, 0.2) is 0 Å². The van der Waals surface area contributed by atoms with E-state index in [0.717, 1.165) is 0 Å². The van der Waals surface area contributed by atoms with Crippen molar-refractivity contribution < 1.29 is 0 Å². The predicted octanol–water partition coefficient (Wildman–Crippen LogP) is 3.79. The molecule has 1 nitrogen and oxygen atoms in total. The average molecular weight is 367 g/mol. The van der Waals surface area contributed by atoms with E-state index in [0.29, 0.717) is 0 Å². The third-order valence-corrected chi connectivity index (χ3v) is 54.3. The number of nitrogens with zero attached hydrogens (tertiary/aromatic N) is 1. The molecule has 0 aliphatic carbocycles. The Bertz CT molecular complexity index is 137. The second-order valence-corrected chi connectivity index (χ2v) is 42.9. The van der Waals surface area contributed by atoms with Gasteiger partial charge in [0.2, 0.25) is 0 Å². The van der Waals surface area contributed by atoms with Crippen LogP contribution in [0.15, 0.2) is 0 Å². The predicted molar refractivity (Wildman–Crippen MR) is 71.9 cm³/mol. The summed E-state index contributed by atoms with van der Waals surface area (Å²) in [7, 11) is 0. The van der Waals surface area contributed by atoms with E-state index in [4.69, 9.17) is 0 Å². The molecule has 0 aliphatic heterocycles. The zero-order valence-electron chi connectivity index (χ0n) is 10.9. The summed E-state index contributed by atoms with van der Waals surface area (Å²) in [6.45, 7) is 0. The van der Waals surface area contributed by atoms with Crippen LogP contribution in [0, 0.1) is 0 Å². The van der Waals surface area contributed by atoms with Crippen LogP contribution in [-0.4, -0.2) is 42.2 Å². The van der Waals surface area contributed by atoms with Crippen molar-refractivity contribution in [2.45, 2.75) is 51.8 Å². The van der Waals surface area contributed by atoms with E-state index >= 15 is 0 Å². The van der Waals surface area contributed by atoms with E-state index in [1.807, 2.05) is 0 Å². The second kappa shape index (κ2) is 4.22. The zero-order valence-corrected chi connectivity index (χ0v) is 17.2. The van der Waals surface area contributed by atoms with Crippen LogP contribution in [0.2, 0.25) is 51.8 Å². The van der Waals surface area contributed by atoms with E-state index in [2.05, 4.69) is 53.6 Å². The molecule has 0 fully saturated rings. The minimum absolute atomic E-state index is 1.56. The van der Waals surface area contributed by atoms with E-state index in [-0.39, 0.29) is 0 Å². The van der Waals surface area contributed by atoms with Crippen LogP contribution < -0.4 is 0 Å². The quantitative estimate of drug-likeness (QED) is 0.687. The second-order valence-electron chi connectivity index (χ2n) is 6.85. The summed E-state index contributed by atoms with van der Waals surface area (Å²) in [4.78, 5) is 0. The van der Waals surface area contributed by atoms with Gasteiger partial charge in [-0.1, -0.05) is 0 Å². The Morgan fingerprint density at radius 3 is 0.615 bits per heavy atom. The van der Waals surface area contributed by atoms with Crippen molar-refractivity contribution in [1.82, 2.24) is 1.77 Å². The summed E-state index contributed by atoms with van der Waals surface area (Å²) < 4.78 is 3.12. The van der Waals surface area contributed by atoms with Crippen LogP contribution in [0.3, 0.4) is 0 Å². The maximum absolute atomic E-state index is 3.12. The summed E-state index contributed by atoms with van der Waals surface area (Å²) in [6.07, 6.45) is 0. The molecular formula is C9H27Ge3N. The van der Waals surface area contributed by atoms with Crippen molar-refractivity contribution in [3.05, 3.63) is 0 Å². The Labute approximate surface area is 93.4 Å². The van der Waals surface area contributed by atoms with Crippen molar-refractivity contribution in [3.63, 3.8) is 0 Å². The first kappa shape index (κ1) is 14.6. The van der Waals surface area contributed by atoms with Gasteiger partial charge in [0, 0.05) is 0 Å². The molecule has 0 saturated carbocycles. The molecule has 80 valence electrons. The summed E-state index contributed by atoms with van der Waals surface area (Å²) in [5.41, 5.74) is 0. The van der Waals surface area contributed by atoms with E-state index in [9.17, 15) is 0 Å². The molecule has 0 rings (SSSR count). The van der Waals surface area contributed by atoms with E-state index < -0.39 is 40.5 Å². The molecule has 0 saturated heterocycles. The fraction of sp³-hybridized carbons (Fsp3) is 1.00. The van der Waals surface area contributed by atoms with Gasteiger partial charge in [-0.25, -0.2) is 0 Å². The van der Waals surface area contributed by atoms with Crippen LogP contribution in [0.4, 0.5) is 0 Å². The summed E-state index contributed by atoms with van der Waals surface area (Å²) >= 11 is -4.69. The fourth-order valence-electron chi connectivity index (χ4n) is 3.02. The molecule has 0 bridgehead atoms. The maximum atomic E-state index is 3.12. The van der Waals surface area contributed by atoms with Crippen molar-refractivity contribution in [3.8, 4) is 0 Å². The molecule has 13 heavy (non-hydrogen) atoms. The monoisotopic (exact) mass is 371 g/mol. The van der Waals surface area contributed by atoms with Crippen LogP contribution in [-0.2, 0) is 0 Å². The number of rotatable bonds is 3. The molecule has 0 aromatic heterocycles. The molecule has 0 spiro atoms. The van der Waals surface area contributed by atoms with Gasteiger partial charge in [-0.05, 0) is 0 Å². The first-order valence-corrected chi connectivity index (χ1v) is 26.9. The molecule has 0 aliphatic rings. The molecule has 0 amide bonds. The Morgan fingerprint density at radius 1 is 0.462 bits per heavy atom. The number of hydrogen-bond acceptors (Lipinski definition) is 1. The third kappa shape index (κ3) is 4.76. The van der Waals surface area contributed by atoms with Crippen LogP contribution in [0.1, 0.15) is 0 Å². The Balaban J connectivity index is 5.02. The van der Waals surface area contributed by atoms with Crippen LogP contribution in [0.5, 0.6) is 0 Å². The summed E-state index contributed by atoms with van der Waals surface area (Å²) in [5.74, 6) is 23.1. The van der Waals surface area contributed by atoms with Crippen molar-refractivity contribution >= 4 is 40.5 Å². The molecule has 0 atom stereocenters. The van der Waals surface area contributed by atoms with E-state index in [1.165, 1.54) is 0 Å². The summed E-state index contributed by atoms with van der Waals surface area (Å²) in [6, 6.07) is 0. The van der Waals surface area contributed by atoms with Gasteiger partial charge < -0.3 is 0 Å². The SMILES string of the molecule is [CH3][Ge]([CH3])([CH3])[N]([Ge]([CH3])([CH3])[CH3])[Ge]([CH3])([CH3])[CH3]. The Kier molecular flexibility index (Phi) is 4.74. The van der Waals surface area contributed by atoms with Gasteiger partial charge in [0.25, 0.3) is 0 Å². The number of hydrogen-bond donors (Lipinski definition) is 0. The first-order valence-electron chi connectivity index (χ1n) is 5.17. The molecule has 4 heteroatoms. The minimum atomic E-state index is -1.56. The third-order valence-electron chi connectivity index (χ3n) is 2.01. The van der Waals surface area contributed by atoms with Gasteiger partial charge in [-0.15, -0.1) is 0 Å².